The fourth-order valence-corrected chi connectivity index (χ4v) is 7.67. The first kappa shape index (κ1) is 60.4. The highest BCUT2D eigenvalue weighted by molar-refractivity contribution is 5.98. The van der Waals surface area contributed by atoms with Crippen LogP contribution >= 0.6 is 0 Å². The molecule has 0 aliphatic carbocycles. The van der Waals surface area contributed by atoms with E-state index in [0.717, 1.165) is 25.7 Å². The smallest absolute Gasteiger partial charge is 0.245 e. The molecule has 1 aliphatic heterocycles. The van der Waals surface area contributed by atoms with Gasteiger partial charge in [0.1, 0.15) is 48.3 Å². The average Bonchev–Trinajstić information content (AvgIpc) is 3.31. The summed E-state index contributed by atoms with van der Waals surface area (Å²) in [5.74, 6) is -7.20. The van der Waals surface area contributed by atoms with Crippen molar-refractivity contribution < 1.29 is 48.3 Å². The number of aliphatic hydroxyl groups excluding tert-OH is 1. The fraction of sp³-hybridized carbons (Fsp3) is 0.681. The molecule has 1 aliphatic rings. The SMILES string of the molecule is CCCCCCCC(=O)N[C@@H](CCN)C(=O)N[C@H]1CCNC(=O)[C@H]([C@@H](C)O)NC(=O)[C@H](CCN)NC(=O)[C@H](CCN)NC(=O)[C@H](CC(C)C)NC(=O)[C@@H](Cc2ccccc2)NC(=O)[C@H](CCN)NC1=O. The van der Waals surface area contributed by atoms with Crippen LogP contribution in [0.3, 0.4) is 0 Å². The molecule has 2 rings (SSSR count). The zero-order valence-corrected chi connectivity index (χ0v) is 41.3. The zero-order chi connectivity index (χ0) is 52.2. The molecule has 9 amide bonds. The molecule has 9 atom stereocenters. The van der Waals surface area contributed by atoms with Crippen molar-refractivity contribution in [3.05, 3.63) is 35.9 Å². The van der Waals surface area contributed by atoms with Gasteiger partial charge in [-0.15, -0.1) is 0 Å². The predicted molar refractivity (Wildman–Crippen MR) is 262 cm³/mol. The molecule has 1 aromatic rings. The molecule has 0 bridgehead atoms. The molecule has 394 valence electrons. The maximum atomic E-state index is 14.3. The van der Waals surface area contributed by atoms with E-state index in [1.165, 1.54) is 6.92 Å². The highest BCUT2D eigenvalue weighted by Crippen LogP contribution is 2.11. The van der Waals surface area contributed by atoms with Crippen molar-refractivity contribution >= 4 is 53.2 Å². The van der Waals surface area contributed by atoms with Crippen molar-refractivity contribution in [1.82, 2.24) is 47.9 Å². The Kier molecular flexibility index (Phi) is 28.4. The molecular weight excluding hydrogens is 907 g/mol. The number of rotatable bonds is 22. The number of unbranched alkanes of at least 4 members (excludes halogenated alkanes) is 4. The van der Waals surface area contributed by atoms with Crippen LogP contribution in [0.2, 0.25) is 0 Å². The number of aliphatic hydroxyl groups is 1. The van der Waals surface area contributed by atoms with Crippen molar-refractivity contribution in [3.8, 4) is 0 Å². The van der Waals surface area contributed by atoms with Crippen LogP contribution in [0.4, 0.5) is 0 Å². The Morgan fingerprint density at radius 3 is 1.67 bits per heavy atom. The van der Waals surface area contributed by atoms with Gasteiger partial charge in [0.2, 0.25) is 53.2 Å². The molecule has 18 N–H and O–H groups in total. The number of amides is 9. The molecule has 0 unspecified atom stereocenters. The number of nitrogens with one attached hydrogen (secondary N) is 9. The Labute approximate surface area is 411 Å². The molecule has 0 spiro atoms. The third-order valence-electron chi connectivity index (χ3n) is 11.6. The van der Waals surface area contributed by atoms with Crippen molar-refractivity contribution in [1.29, 1.82) is 0 Å². The second-order valence-corrected chi connectivity index (χ2v) is 18.1. The molecule has 0 radical (unpaired) electrons. The topological polar surface area (TPSA) is 386 Å². The highest BCUT2D eigenvalue weighted by Gasteiger charge is 2.36. The van der Waals surface area contributed by atoms with Crippen molar-refractivity contribution in [2.75, 3.05) is 32.7 Å². The summed E-state index contributed by atoms with van der Waals surface area (Å²) >= 11 is 0. The lowest BCUT2D eigenvalue weighted by molar-refractivity contribution is -0.136. The Morgan fingerprint density at radius 2 is 1.14 bits per heavy atom. The van der Waals surface area contributed by atoms with E-state index in [-0.39, 0.29) is 95.9 Å². The van der Waals surface area contributed by atoms with Gasteiger partial charge < -0.3 is 75.9 Å². The van der Waals surface area contributed by atoms with E-state index in [9.17, 15) is 48.3 Å². The molecule has 0 saturated carbocycles. The van der Waals surface area contributed by atoms with Crippen molar-refractivity contribution in [3.63, 3.8) is 0 Å². The summed E-state index contributed by atoms with van der Waals surface area (Å²) in [5, 5.41) is 34.2. The minimum atomic E-state index is -1.60. The zero-order valence-electron chi connectivity index (χ0n) is 41.3. The number of benzene rings is 1. The van der Waals surface area contributed by atoms with Crippen LogP contribution in [0.5, 0.6) is 0 Å². The lowest BCUT2D eigenvalue weighted by Gasteiger charge is -2.28. The summed E-state index contributed by atoms with van der Waals surface area (Å²) in [5.41, 5.74) is 24.1. The van der Waals surface area contributed by atoms with Crippen LogP contribution in [-0.4, -0.2) is 145 Å². The molecule has 1 saturated heterocycles. The molecule has 1 aromatic carbocycles. The minimum Gasteiger partial charge on any atom is -0.391 e. The highest BCUT2D eigenvalue weighted by atomic mass is 16.3. The Hall–Kier alpha value is -5.75. The first-order chi connectivity index (χ1) is 33.4. The Bertz CT molecular complexity index is 1840. The second-order valence-electron chi connectivity index (χ2n) is 18.1. The lowest BCUT2D eigenvalue weighted by Crippen LogP contribution is -2.61. The summed E-state index contributed by atoms with van der Waals surface area (Å²) in [7, 11) is 0. The maximum Gasteiger partial charge on any atom is 0.245 e. The van der Waals surface area contributed by atoms with E-state index < -0.39 is 102 Å². The summed E-state index contributed by atoms with van der Waals surface area (Å²) in [6.07, 6.45) is 2.50. The third-order valence-corrected chi connectivity index (χ3v) is 11.6. The number of carbonyl (C=O) groups is 9. The summed E-state index contributed by atoms with van der Waals surface area (Å²) < 4.78 is 0. The van der Waals surface area contributed by atoms with Crippen LogP contribution < -0.4 is 70.8 Å². The number of nitrogens with two attached hydrogens (primary N) is 4. The monoisotopic (exact) mass is 988 g/mol. The van der Waals surface area contributed by atoms with E-state index in [0.29, 0.717) is 12.0 Å². The van der Waals surface area contributed by atoms with E-state index >= 15 is 0 Å². The first-order valence-corrected chi connectivity index (χ1v) is 24.6. The molecular formula is C47H81N13O10. The van der Waals surface area contributed by atoms with Crippen LogP contribution in [0.15, 0.2) is 30.3 Å². The fourth-order valence-electron chi connectivity index (χ4n) is 7.67. The molecule has 70 heavy (non-hydrogen) atoms. The second kappa shape index (κ2) is 32.9. The average molecular weight is 988 g/mol. The lowest BCUT2D eigenvalue weighted by atomic mass is 10.00. The van der Waals surface area contributed by atoms with E-state index in [1.54, 1.807) is 30.3 Å². The van der Waals surface area contributed by atoms with Crippen LogP contribution in [-0.2, 0) is 49.6 Å². The quantitative estimate of drug-likeness (QED) is 0.0510. The van der Waals surface area contributed by atoms with Gasteiger partial charge in [-0.25, -0.2) is 0 Å². The predicted octanol–water partition coefficient (Wildman–Crippen LogP) is -3.19. The molecule has 1 heterocycles. The summed E-state index contributed by atoms with van der Waals surface area (Å²) in [6.45, 7) is 6.32. The normalized spacial score (nSPS) is 23.6. The third kappa shape index (κ3) is 21.9. The summed E-state index contributed by atoms with van der Waals surface area (Å²) in [6, 6.07) is -2.11. The molecule has 23 heteroatoms. The van der Waals surface area contributed by atoms with Gasteiger partial charge in [0.25, 0.3) is 0 Å². The summed E-state index contributed by atoms with van der Waals surface area (Å²) in [4.78, 5) is 125. The van der Waals surface area contributed by atoms with Gasteiger partial charge in [-0.05, 0) is 89.5 Å². The van der Waals surface area contributed by atoms with Gasteiger partial charge in [0.15, 0.2) is 0 Å². The van der Waals surface area contributed by atoms with E-state index in [2.05, 4.69) is 54.8 Å². The maximum absolute atomic E-state index is 14.3. The van der Waals surface area contributed by atoms with Gasteiger partial charge >= 0.3 is 0 Å². The van der Waals surface area contributed by atoms with Gasteiger partial charge in [-0.3, -0.25) is 43.2 Å². The Balaban J connectivity index is 2.69. The van der Waals surface area contributed by atoms with Gasteiger partial charge in [-0.2, -0.15) is 0 Å². The van der Waals surface area contributed by atoms with Crippen LogP contribution in [0.25, 0.3) is 0 Å². The number of carbonyl (C=O) groups excluding carboxylic acids is 9. The minimum absolute atomic E-state index is 0.00228. The molecule has 1 fully saturated rings. The molecule has 23 nitrogen and oxygen atoms in total. The largest absolute Gasteiger partial charge is 0.391 e. The molecule has 0 aromatic heterocycles. The van der Waals surface area contributed by atoms with Crippen molar-refractivity contribution in [2.24, 2.45) is 28.9 Å². The van der Waals surface area contributed by atoms with Crippen LogP contribution in [0, 0.1) is 5.92 Å². The Morgan fingerprint density at radius 1 is 0.643 bits per heavy atom. The van der Waals surface area contributed by atoms with Gasteiger partial charge in [0.05, 0.1) is 6.10 Å². The number of hydrogen-bond donors (Lipinski definition) is 14. The van der Waals surface area contributed by atoms with Crippen LogP contribution in [0.1, 0.15) is 110 Å². The first-order valence-electron chi connectivity index (χ1n) is 24.6. The van der Waals surface area contributed by atoms with Crippen molar-refractivity contribution in [2.45, 2.75) is 166 Å². The van der Waals surface area contributed by atoms with Gasteiger partial charge in [-0.1, -0.05) is 76.8 Å². The van der Waals surface area contributed by atoms with E-state index in [1.807, 2.05) is 13.8 Å². The van der Waals surface area contributed by atoms with Gasteiger partial charge in [0, 0.05) is 19.4 Å². The standard InChI is InChI=1S/C47H81N13O10/c1-5-6-7-8-12-15-38(62)53-31(16-21-48)40(63)57-35-20-25-52-47(70)39(29(4)61)60-44(67)34(19-24-51)55-41(64)32(17-22-49)56-45(68)36(26-28(2)3)58-46(69)37(27-30-13-10-9-11-14-30)59-42(65)33(18-23-50)54-43(35)66/h9-11,13-14,28-29,31-37,39,61H,5-8,12,15-27,48-51H2,1-4H3,(H,52,70)(H,53,62)(H,54,66)(H,55,64)(H,56,68)(H,57,63)(H,58,69)(H,59,65)(H,60,67)/t29-,31+,32+,33+,34+,35+,36+,37-,39+/m1/s1. The number of hydrogen-bond acceptors (Lipinski definition) is 14. The van der Waals surface area contributed by atoms with E-state index in [4.69, 9.17) is 22.9 Å².